The van der Waals surface area contributed by atoms with Crippen LogP contribution in [0.15, 0.2) is 12.1 Å². The van der Waals surface area contributed by atoms with Crippen LogP contribution in [0.25, 0.3) is 0 Å². The Bertz CT molecular complexity index is 497. The van der Waals surface area contributed by atoms with E-state index >= 15 is 0 Å². The van der Waals surface area contributed by atoms with Crippen LogP contribution in [0.1, 0.15) is 22.3 Å². The average Bonchev–Trinajstić information content (AvgIpc) is 2.44. The first-order chi connectivity index (χ1) is 9.95. The summed E-state index contributed by atoms with van der Waals surface area (Å²) in [6, 6.07) is 2.53. The zero-order valence-corrected chi connectivity index (χ0v) is 12.2. The molecule has 0 aliphatic carbocycles. The van der Waals surface area contributed by atoms with E-state index in [4.69, 9.17) is 10.5 Å². The van der Waals surface area contributed by atoms with Gasteiger partial charge in [0.1, 0.15) is 5.82 Å². The summed E-state index contributed by atoms with van der Waals surface area (Å²) in [4.78, 5) is 23.2. The molecular formula is C14H20FN3O3. The highest BCUT2D eigenvalue weighted by atomic mass is 19.1. The molecule has 0 saturated heterocycles. The molecule has 0 atom stereocenters. The maximum atomic E-state index is 13.5. The smallest absolute Gasteiger partial charge is 0.251 e. The van der Waals surface area contributed by atoms with E-state index in [0.717, 1.165) is 6.07 Å². The summed E-state index contributed by atoms with van der Waals surface area (Å²) in [7, 11) is 1.54. The number of benzene rings is 1. The highest BCUT2D eigenvalue weighted by Gasteiger charge is 2.11. The van der Waals surface area contributed by atoms with Gasteiger partial charge in [0.25, 0.3) is 5.91 Å². The van der Waals surface area contributed by atoms with Gasteiger partial charge in [0.15, 0.2) is 0 Å². The molecule has 0 heterocycles. The van der Waals surface area contributed by atoms with Crippen LogP contribution in [0.2, 0.25) is 0 Å². The lowest BCUT2D eigenvalue weighted by Crippen LogP contribution is -2.32. The minimum atomic E-state index is -0.530. The summed E-state index contributed by atoms with van der Waals surface area (Å²) in [5.74, 6) is -1.19. The molecule has 6 nitrogen and oxygen atoms in total. The third kappa shape index (κ3) is 5.39. The Labute approximate surface area is 122 Å². The number of anilines is 1. The first kappa shape index (κ1) is 16.9. The number of halogens is 1. The molecule has 1 rings (SSSR count). The number of ether oxygens (including phenoxy) is 1. The van der Waals surface area contributed by atoms with Crippen LogP contribution in [0.3, 0.4) is 0 Å². The first-order valence-corrected chi connectivity index (χ1v) is 6.55. The fourth-order valence-electron chi connectivity index (χ4n) is 1.60. The van der Waals surface area contributed by atoms with Gasteiger partial charge in [-0.05, 0) is 19.1 Å². The first-order valence-electron chi connectivity index (χ1n) is 6.55. The molecule has 0 unspecified atom stereocenters. The van der Waals surface area contributed by atoms with Gasteiger partial charge in [-0.25, -0.2) is 4.39 Å². The van der Waals surface area contributed by atoms with Crippen molar-refractivity contribution in [2.24, 2.45) is 0 Å². The number of hydrogen-bond acceptors (Lipinski definition) is 4. The average molecular weight is 297 g/mol. The zero-order valence-electron chi connectivity index (χ0n) is 12.2. The van der Waals surface area contributed by atoms with Crippen molar-refractivity contribution >= 4 is 17.5 Å². The summed E-state index contributed by atoms with van der Waals surface area (Å²) in [5, 5.41) is 5.17. The minimum Gasteiger partial charge on any atom is -0.398 e. The van der Waals surface area contributed by atoms with Gasteiger partial charge < -0.3 is 21.1 Å². The highest BCUT2D eigenvalue weighted by Crippen LogP contribution is 2.17. The molecule has 21 heavy (non-hydrogen) atoms. The van der Waals surface area contributed by atoms with Gasteiger partial charge in [-0.3, -0.25) is 9.59 Å². The number of carbonyl (C=O) groups is 2. The lowest BCUT2D eigenvalue weighted by molar-refractivity contribution is -0.121. The van der Waals surface area contributed by atoms with Crippen molar-refractivity contribution in [3.05, 3.63) is 29.1 Å². The fourth-order valence-corrected chi connectivity index (χ4v) is 1.60. The molecular weight excluding hydrogens is 277 g/mol. The standard InChI is InChI=1S/C14H20FN3O3/c1-9-11(15)7-10(8-12(9)16)14(20)18-4-3-13(19)17-5-6-21-2/h7-8H,3-6,16H2,1-2H3,(H,17,19)(H,18,20). The molecule has 0 aromatic heterocycles. The minimum absolute atomic E-state index is 0.135. The van der Waals surface area contributed by atoms with Gasteiger partial charge in [-0.15, -0.1) is 0 Å². The second kappa shape index (κ2) is 8.21. The van der Waals surface area contributed by atoms with E-state index in [1.54, 1.807) is 7.11 Å². The second-order valence-electron chi connectivity index (χ2n) is 4.52. The third-order valence-electron chi connectivity index (χ3n) is 2.91. The number of methoxy groups -OCH3 is 1. The van der Waals surface area contributed by atoms with E-state index in [2.05, 4.69) is 10.6 Å². The van der Waals surface area contributed by atoms with Gasteiger partial charge in [-0.2, -0.15) is 0 Å². The Balaban J connectivity index is 2.42. The third-order valence-corrected chi connectivity index (χ3v) is 2.91. The van der Waals surface area contributed by atoms with Crippen LogP contribution in [0.4, 0.5) is 10.1 Å². The molecule has 0 saturated carbocycles. The lowest BCUT2D eigenvalue weighted by Gasteiger charge is -2.08. The molecule has 0 fully saturated rings. The van der Waals surface area contributed by atoms with Crippen molar-refractivity contribution in [2.75, 3.05) is 32.5 Å². The maximum Gasteiger partial charge on any atom is 0.251 e. The zero-order chi connectivity index (χ0) is 15.8. The monoisotopic (exact) mass is 297 g/mol. The molecule has 4 N–H and O–H groups in total. The van der Waals surface area contributed by atoms with E-state index < -0.39 is 11.7 Å². The van der Waals surface area contributed by atoms with Crippen molar-refractivity contribution in [1.29, 1.82) is 0 Å². The predicted octanol–water partition coefficient (Wildman–Crippen LogP) is 0.599. The molecule has 1 aromatic rings. The van der Waals surface area contributed by atoms with Crippen molar-refractivity contribution in [2.45, 2.75) is 13.3 Å². The number of hydrogen-bond donors (Lipinski definition) is 3. The van der Waals surface area contributed by atoms with Crippen LogP contribution in [0.5, 0.6) is 0 Å². The molecule has 0 bridgehead atoms. The maximum absolute atomic E-state index is 13.5. The van der Waals surface area contributed by atoms with E-state index in [1.807, 2.05) is 0 Å². The van der Waals surface area contributed by atoms with Crippen molar-refractivity contribution in [3.63, 3.8) is 0 Å². The fraction of sp³-hybridized carbons (Fsp3) is 0.429. The van der Waals surface area contributed by atoms with E-state index in [0.29, 0.717) is 18.7 Å². The Morgan fingerprint density at radius 3 is 2.62 bits per heavy atom. The number of carbonyl (C=O) groups excluding carboxylic acids is 2. The van der Waals surface area contributed by atoms with Crippen LogP contribution in [0, 0.1) is 12.7 Å². The van der Waals surface area contributed by atoms with Crippen molar-refractivity contribution < 1.29 is 18.7 Å². The Hall–Kier alpha value is -2.15. The summed E-state index contributed by atoms with van der Waals surface area (Å²) < 4.78 is 18.3. The van der Waals surface area contributed by atoms with Gasteiger partial charge in [0.05, 0.1) is 6.61 Å². The SMILES string of the molecule is COCCNC(=O)CCNC(=O)c1cc(N)c(C)c(F)c1. The number of rotatable bonds is 7. The molecule has 0 aliphatic rings. The summed E-state index contributed by atoms with van der Waals surface area (Å²) in [6.45, 7) is 2.55. The summed E-state index contributed by atoms with van der Waals surface area (Å²) >= 11 is 0. The van der Waals surface area contributed by atoms with Gasteiger partial charge in [0, 0.05) is 43.4 Å². The summed E-state index contributed by atoms with van der Waals surface area (Å²) in [5.41, 5.74) is 6.27. The van der Waals surface area contributed by atoms with Crippen molar-refractivity contribution in [1.82, 2.24) is 10.6 Å². The topological polar surface area (TPSA) is 93.5 Å². The second-order valence-corrected chi connectivity index (χ2v) is 4.52. The lowest BCUT2D eigenvalue weighted by atomic mass is 10.1. The molecule has 0 aliphatic heterocycles. The van der Waals surface area contributed by atoms with Crippen LogP contribution < -0.4 is 16.4 Å². The molecule has 0 radical (unpaired) electrons. The Morgan fingerprint density at radius 1 is 1.29 bits per heavy atom. The normalized spacial score (nSPS) is 10.2. The predicted molar refractivity (Wildman–Crippen MR) is 77.4 cm³/mol. The van der Waals surface area contributed by atoms with Crippen LogP contribution in [-0.2, 0) is 9.53 Å². The number of amides is 2. The highest BCUT2D eigenvalue weighted by molar-refractivity contribution is 5.95. The van der Waals surface area contributed by atoms with Crippen LogP contribution in [-0.4, -0.2) is 38.6 Å². The Kier molecular flexibility index (Phi) is 6.61. The molecule has 7 heteroatoms. The largest absolute Gasteiger partial charge is 0.398 e. The van der Waals surface area contributed by atoms with E-state index in [1.165, 1.54) is 13.0 Å². The van der Waals surface area contributed by atoms with Crippen molar-refractivity contribution in [3.8, 4) is 0 Å². The number of nitrogens with one attached hydrogen (secondary N) is 2. The molecule has 2 amide bonds. The molecule has 0 spiro atoms. The van der Waals surface area contributed by atoms with Crippen LogP contribution >= 0.6 is 0 Å². The summed E-state index contributed by atoms with van der Waals surface area (Å²) in [6.07, 6.45) is 0.138. The van der Waals surface area contributed by atoms with Gasteiger partial charge in [0.2, 0.25) is 5.91 Å². The number of nitrogens with two attached hydrogens (primary N) is 1. The van der Waals surface area contributed by atoms with Gasteiger partial charge >= 0.3 is 0 Å². The Morgan fingerprint density at radius 2 is 2.00 bits per heavy atom. The molecule has 1 aromatic carbocycles. The quantitative estimate of drug-likeness (QED) is 0.507. The van der Waals surface area contributed by atoms with E-state index in [-0.39, 0.29) is 30.1 Å². The number of nitrogen functional groups attached to an aromatic ring is 1. The van der Waals surface area contributed by atoms with Gasteiger partial charge in [-0.1, -0.05) is 0 Å². The van der Waals surface area contributed by atoms with E-state index in [9.17, 15) is 14.0 Å². The molecule has 116 valence electrons.